The Morgan fingerprint density at radius 3 is 2.88 bits per heavy atom. The fraction of sp³-hybridized carbons (Fsp3) is 0.182. The lowest BCUT2D eigenvalue weighted by molar-refractivity contribution is 0.522. The fourth-order valence-corrected chi connectivity index (χ4v) is 1.52. The van der Waals surface area contributed by atoms with Crippen LogP contribution < -0.4 is 5.73 Å². The van der Waals surface area contributed by atoms with Crippen molar-refractivity contribution in [2.45, 2.75) is 12.6 Å². The molecule has 1 heterocycles. The molecule has 2 rings (SSSR count). The molecule has 0 fully saturated rings. The van der Waals surface area contributed by atoms with Gasteiger partial charge in [-0.15, -0.1) is 0 Å². The molecule has 1 atom stereocenters. The van der Waals surface area contributed by atoms with Crippen LogP contribution >= 0.6 is 0 Å². The molecule has 0 aliphatic carbocycles. The van der Waals surface area contributed by atoms with Gasteiger partial charge >= 0.3 is 0 Å². The van der Waals surface area contributed by atoms with Crippen molar-refractivity contribution in [1.82, 2.24) is 9.55 Å². The molecule has 1 aromatic heterocycles. The third-order valence-corrected chi connectivity index (χ3v) is 2.32. The zero-order chi connectivity index (χ0) is 11.5. The van der Waals surface area contributed by atoms with E-state index in [4.69, 9.17) is 5.73 Å². The van der Waals surface area contributed by atoms with Crippen LogP contribution in [0.25, 0.3) is 0 Å². The molecule has 0 radical (unpaired) electrons. The molecule has 1 aromatic carbocycles. The average molecular weight is 223 g/mol. The lowest BCUT2D eigenvalue weighted by Gasteiger charge is -2.13. The van der Waals surface area contributed by atoms with E-state index in [1.54, 1.807) is 23.3 Å². The Bertz CT molecular complexity index is 468. The topological polar surface area (TPSA) is 43.8 Å². The smallest absolute Gasteiger partial charge is 0.128 e. The molecule has 0 saturated heterocycles. The van der Waals surface area contributed by atoms with Gasteiger partial charge in [-0.25, -0.2) is 13.8 Å². The van der Waals surface area contributed by atoms with E-state index in [1.165, 1.54) is 0 Å². The van der Waals surface area contributed by atoms with E-state index >= 15 is 0 Å². The summed E-state index contributed by atoms with van der Waals surface area (Å²) in [5.41, 5.74) is 5.98. The molecule has 3 nitrogen and oxygen atoms in total. The van der Waals surface area contributed by atoms with Gasteiger partial charge < -0.3 is 10.3 Å². The summed E-state index contributed by atoms with van der Waals surface area (Å²) in [4.78, 5) is 3.85. The number of nitrogens with two attached hydrogens (primary N) is 1. The SMILES string of the molecule is NC(Cn1ccnc1)c1cc(F)ccc1F. The van der Waals surface area contributed by atoms with Gasteiger partial charge in [-0.3, -0.25) is 0 Å². The zero-order valence-electron chi connectivity index (χ0n) is 8.48. The first-order valence-corrected chi connectivity index (χ1v) is 4.83. The van der Waals surface area contributed by atoms with Crippen LogP contribution in [0.5, 0.6) is 0 Å². The highest BCUT2D eigenvalue weighted by atomic mass is 19.1. The maximum absolute atomic E-state index is 13.4. The molecule has 0 saturated carbocycles. The predicted octanol–water partition coefficient (Wildman–Crippen LogP) is 1.86. The summed E-state index contributed by atoms with van der Waals surface area (Å²) in [6, 6.07) is 2.68. The molecular weight excluding hydrogens is 212 g/mol. The largest absolute Gasteiger partial charge is 0.336 e. The summed E-state index contributed by atoms with van der Waals surface area (Å²) in [6.07, 6.45) is 4.91. The van der Waals surface area contributed by atoms with Crippen LogP contribution in [-0.4, -0.2) is 9.55 Å². The van der Waals surface area contributed by atoms with Crippen LogP contribution in [0.2, 0.25) is 0 Å². The number of hydrogen-bond donors (Lipinski definition) is 1. The van der Waals surface area contributed by atoms with Crippen LogP contribution in [0.1, 0.15) is 11.6 Å². The first-order chi connectivity index (χ1) is 7.66. The van der Waals surface area contributed by atoms with Gasteiger partial charge in [0.15, 0.2) is 0 Å². The maximum Gasteiger partial charge on any atom is 0.128 e. The number of nitrogens with zero attached hydrogens (tertiary/aromatic N) is 2. The van der Waals surface area contributed by atoms with Crippen molar-refractivity contribution in [2.75, 3.05) is 0 Å². The van der Waals surface area contributed by atoms with E-state index in [0.29, 0.717) is 6.54 Å². The van der Waals surface area contributed by atoms with Crippen LogP contribution in [0.3, 0.4) is 0 Å². The minimum atomic E-state index is -0.593. The average Bonchev–Trinajstić information content (AvgIpc) is 2.74. The summed E-state index contributed by atoms with van der Waals surface area (Å²) in [5, 5.41) is 0. The second-order valence-corrected chi connectivity index (χ2v) is 3.53. The van der Waals surface area contributed by atoms with Crippen LogP contribution in [0, 0.1) is 11.6 Å². The lowest BCUT2D eigenvalue weighted by atomic mass is 10.1. The lowest BCUT2D eigenvalue weighted by Crippen LogP contribution is -2.18. The number of aromatic nitrogens is 2. The number of benzene rings is 1. The predicted molar refractivity (Wildman–Crippen MR) is 55.5 cm³/mol. The van der Waals surface area contributed by atoms with Crippen molar-refractivity contribution in [3.63, 3.8) is 0 Å². The van der Waals surface area contributed by atoms with Crippen molar-refractivity contribution in [1.29, 1.82) is 0 Å². The second-order valence-electron chi connectivity index (χ2n) is 3.53. The van der Waals surface area contributed by atoms with E-state index in [-0.39, 0.29) is 5.56 Å². The van der Waals surface area contributed by atoms with E-state index in [2.05, 4.69) is 4.98 Å². The Morgan fingerprint density at radius 2 is 2.19 bits per heavy atom. The third-order valence-electron chi connectivity index (χ3n) is 2.32. The monoisotopic (exact) mass is 223 g/mol. The maximum atomic E-state index is 13.4. The van der Waals surface area contributed by atoms with Gasteiger partial charge in [-0.05, 0) is 18.2 Å². The summed E-state index contributed by atoms with van der Waals surface area (Å²) in [6.45, 7) is 0.361. The summed E-state index contributed by atoms with van der Waals surface area (Å²) in [5.74, 6) is -0.980. The second kappa shape index (κ2) is 4.40. The Morgan fingerprint density at radius 1 is 1.38 bits per heavy atom. The Balaban J connectivity index is 2.20. The molecule has 1 unspecified atom stereocenters. The van der Waals surface area contributed by atoms with Gasteiger partial charge in [0.2, 0.25) is 0 Å². The number of hydrogen-bond acceptors (Lipinski definition) is 2. The standard InChI is InChI=1S/C11H11F2N3/c12-8-1-2-10(13)9(5-8)11(14)6-16-4-3-15-7-16/h1-5,7,11H,6,14H2. The van der Waals surface area contributed by atoms with Crippen molar-refractivity contribution in [2.24, 2.45) is 5.73 Å². The number of halogens is 2. The van der Waals surface area contributed by atoms with Gasteiger partial charge in [0.1, 0.15) is 11.6 Å². The normalized spacial score (nSPS) is 12.7. The van der Waals surface area contributed by atoms with Gasteiger partial charge in [0.05, 0.1) is 12.4 Å². The highest BCUT2D eigenvalue weighted by molar-refractivity contribution is 5.21. The van der Waals surface area contributed by atoms with Crippen LogP contribution in [0.4, 0.5) is 8.78 Å². The fourth-order valence-electron chi connectivity index (χ4n) is 1.52. The molecule has 0 aliphatic heterocycles. The minimum absolute atomic E-state index is 0.175. The molecule has 0 amide bonds. The molecule has 16 heavy (non-hydrogen) atoms. The summed E-state index contributed by atoms with van der Waals surface area (Å²) < 4.78 is 28.0. The molecular formula is C11H11F2N3. The third kappa shape index (κ3) is 2.25. The summed E-state index contributed by atoms with van der Waals surface area (Å²) in [7, 11) is 0. The van der Waals surface area contributed by atoms with Crippen molar-refractivity contribution in [3.8, 4) is 0 Å². The number of imidazole rings is 1. The van der Waals surface area contributed by atoms with E-state index in [0.717, 1.165) is 18.2 Å². The quantitative estimate of drug-likeness (QED) is 0.863. The first-order valence-electron chi connectivity index (χ1n) is 4.83. The summed E-state index contributed by atoms with van der Waals surface area (Å²) >= 11 is 0. The Labute approximate surface area is 91.5 Å². The van der Waals surface area contributed by atoms with E-state index in [1.807, 2.05) is 0 Å². The van der Waals surface area contributed by atoms with Gasteiger partial charge in [-0.1, -0.05) is 0 Å². The van der Waals surface area contributed by atoms with Crippen LogP contribution in [-0.2, 0) is 6.54 Å². The van der Waals surface area contributed by atoms with E-state index < -0.39 is 17.7 Å². The Hall–Kier alpha value is -1.75. The van der Waals surface area contributed by atoms with Gasteiger partial charge in [0, 0.05) is 24.5 Å². The first kappa shape index (κ1) is 10.8. The molecule has 2 aromatic rings. The Kier molecular flexibility index (Phi) is 2.96. The minimum Gasteiger partial charge on any atom is -0.336 e. The van der Waals surface area contributed by atoms with Gasteiger partial charge in [0.25, 0.3) is 0 Å². The van der Waals surface area contributed by atoms with Gasteiger partial charge in [-0.2, -0.15) is 0 Å². The molecule has 2 N–H and O–H groups in total. The van der Waals surface area contributed by atoms with E-state index in [9.17, 15) is 8.78 Å². The molecule has 0 bridgehead atoms. The number of rotatable bonds is 3. The molecule has 5 heteroatoms. The highest BCUT2D eigenvalue weighted by Crippen LogP contribution is 2.17. The molecule has 84 valence electrons. The van der Waals surface area contributed by atoms with Crippen molar-refractivity contribution in [3.05, 3.63) is 54.1 Å². The molecule has 0 spiro atoms. The molecule has 0 aliphatic rings. The highest BCUT2D eigenvalue weighted by Gasteiger charge is 2.12. The van der Waals surface area contributed by atoms with Crippen molar-refractivity contribution < 1.29 is 8.78 Å². The zero-order valence-corrected chi connectivity index (χ0v) is 8.48. The van der Waals surface area contributed by atoms with Crippen molar-refractivity contribution >= 4 is 0 Å². The van der Waals surface area contributed by atoms with Crippen LogP contribution in [0.15, 0.2) is 36.9 Å².